The van der Waals surface area contributed by atoms with Gasteiger partial charge in [0.15, 0.2) is 0 Å². The predicted molar refractivity (Wildman–Crippen MR) is 94.4 cm³/mol. The van der Waals surface area contributed by atoms with Crippen molar-refractivity contribution in [2.45, 2.75) is 38.1 Å². The van der Waals surface area contributed by atoms with Gasteiger partial charge in [-0.2, -0.15) is 0 Å². The lowest BCUT2D eigenvalue weighted by molar-refractivity contribution is -0.121. The number of hydrogen-bond donors (Lipinski definition) is 2. The fourth-order valence-electron chi connectivity index (χ4n) is 4.59. The van der Waals surface area contributed by atoms with E-state index in [4.69, 9.17) is 10.5 Å². The molecule has 1 aromatic carbocycles. The Hall–Kier alpha value is -2.50. The highest BCUT2D eigenvalue weighted by atomic mass is 16.5. The Morgan fingerprint density at radius 1 is 1.32 bits per heavy atom. The molecule has 1 unspecified atom stereocenters. The minimum Gasteiger partial charge on any atom is -0.496 e. The van der Waals surface area contributed by atoms with Crippen molar-refractivity contribution < 1.29 is 14.3 Å². The number of rotatable bonds is 3. The summed E-state index contributed by atoms with van der Waals surface area (Å²) < 4.78 is 5.36. The number of aromatic amines is 1. The number of H-pyrrole nitrogens is 1. The van der Waals surface area contributed by atoms with Crippen molar-refractivity contribution in [1.29, 1.82) is 0 Å². The second kappa shape index (κ2) is 5.79. The normalized spacial score (nSPS) is 22.0. The first-order valence-corrected chi connectivity index (χ1v) is 8.79. The molecule has 1 saturated heterocycles. The summed E-state index contributed by atoms with van der Waals surface area (Å²) in [5.74, 6) is 0.143. The number of methoxy groups -OCH3 is 1. The monoisotopic (exact) mass is 341 g/mol. The van der Waals surface area contributed by atoms with Crippen LogP contribution < -0.4 is 10.5 Å². The highest BCUT2D eigenvalue weighted by Gasteiger charge is 2.49. The number of amides is 2. The van der Waals surface area contributed by atoms with E-state index < -0.39 is 11.9 Å². The van der Waals surface area contributed by atoms with Crippen LogP contribution >= 0.6 is 0 Å². The van der Waals surface area contributed by atoms with Crippen LogP contribution in [-0.2, 0) is 4.79 Å². The summed E-state index contributed by atoms with van der Waals surface area (Å²) in [6, 6.07) is 6.93. The van der Waals surface area contributed by atoms with Gasteiger partial charge in [-0.25, -0.2) is 0 Å². The lowest BCUT2D eigenvalue weighted by atomic mass is 9.84. The van der Waals surface area contributed by atoms with E-state index in [1.807, 2.05) is 18.2 Å². The molecule has 0 bridgehead atoms. The average molecular weight is 341 g/mol. The maximum Gasteiger partial charge on any atom is 0.271 e. The SMILES string of the molecule is COc1cccc2[nH]c(C(=O)N3CC4(CCCC4)CC3C(N)=O)cc12. The number of nitrogens with two attached hydrogens (primary N) is 1. The molecular weight excluding hydrogens is 318 g/mol. The van der Waals surface area contributed by atoms with Crippen molar-refractivity contribution in [3.05, 3.63) is 30.0 Å². The summed E-state index contributed by atoms with van der Waals surface area (Å²) in [5.41, 5.74) is 6.99. The minimum absolute atomic E-state index is 0.0685. The number of fused-ring (bicyclic) bond motifs is 1. The molecule has 2 amide bonds. The van der Waals surface area contributed by atoms with Crippen LogP contribution in [0.15, 0.2) is 24.3 Å². The summed E-state index contributed by atoms with van der Waals surface area (Å²) in [6.07, 6.45) is 5.16. The molecule has 2 fully saturated rings. The van der Waals surface area contributed by atoms with Crippen LogP contribution in [0.5, 0.6) is 5.75 Å². The Kier molecular flexibility index (Phi) is 3.71. The smallest absolute Gasteiger partial charge is 0.271 e. The lowest BCUT2D eigenvalue weighted by Gasteiger charge is -2.23. The first-order chi connectivity index (χ1) is 12.0. The number of carbonyl (C=O) groups is 2. The van der Waals surface area contributed by atoms with E-state index in [9.17, 15) is 9.59 Å². The average Bonchev–Trinajstić information content (AvgIpc) is 3.32. The third-order valence-electron chi connectivity index (χ3n) is 5.84. The van der Waals surface area contributed by atoms with Crippen LogP contribution in [0, 0.1) is 5.41 Å². The van der Waals surface area contributed by atoms with Gasteiger partial charge in [-0.05, 0) is 42.9 Å². The Labute approximate surface area is 146 Å². The molecule has 132 valence electrons. The van der Waals surface area contributed by atoms with Gasteiger partial charge in [-0.3, -0.25) is 9.59 Å². The molecule has 3 N–H and O–H groups in total. The van der Waals surface area contributed by atoms with Crippen LogP contribution in [0.4, 0.5) is 0 Å². The Balaban J connectivity index is 1.68. The highest BCUT2D eigenvalue weighted by Crippen LogP contribution is 2.48. The maximum absolute atomic E-state index is 13.1. The van der Waals surface area contributed by atoms with E-state index in [0.29, 0.717) is 24.4 Å². The molecule has 1 spiro atoms. The first kappa shape index (κ1) is 16.0. The number of aromatic nitrogens is 1. The Morgan fingerprint density at radius 3 is 2.76 bits per heavy atom. The number of nitrogens with one attached hydrogen (secondary N) is 1. The zero-order chi connectivity index (χ0) is 17.6. The molecule has 6 heteroatoms. The van der Waals surface area contributed by atoms with Gasteiger partial charge in [0, 0.05) is 17.4 Å². The number of hydrogen-bond acceptors (Lipinski definition) is 3. The molecular formula is C19H23N3O3. The van der Waals surface area contributed by atoms with Crippen molar-refractivity contribution in [1.82, 2.24) is 9.88 Å². The first-order valence-electron chi connectivity index (χ1n) is 8.79. The van der Waals surface area contributed by atoms with E-state index in [1.54, 1.807) is 18.1 Å². The number of likely N-dealkylation sites (tertiary alicyclic amines) is 1. The molecule has 1 aliphatic carbocycles. The molecule has 0 radical (unpaired) electrons. The van der Waals surface area contributed by atoms with Gasteiger partial charge in [-0.1, -0.05) is 18.9 Å². The zero-order valence-corrected chi connectivity index (χ0v) is 14.4. The number of benzene rings is 1. The highest BCUT2D eigenvalue weighted by molar-refractivity contribution is 6.01. The van der Waals surface area contributed by atoms with E-state index in [0.717, 1.165) is 36.6 Å². The second-order valence-corrected chi connectivity index (χ2v) is 7.37. The van der Waals surface area contributed by atoms with Crippen LogP contribution in [0.2, 0.25) is 0 Å². The van der Waals surface area contributed by atoms with Crippen LogP contribution in [-0.4, -0.2) is 41.4 Å². The van der Waals surface area contributed by atoms with Gasteiger partial charge in [-0.15, -0.1) is 0 Å². The van der Waals surface area contributed by atoms with Crippen LogP contribution in [0.3, 0.4) is 0 Å². The number of ether oxygens (including phenoxy) is 1. The third-order valence-corrected chi connectivity index (χ3v) is 5.84. The van der Waals surface area contributed by atoms with Gasteiger partial charge in [0.2, 0.25) is 5.91 Å². The quantitative estimate of drug-likeness (QED) is 0.899. The summed E-state index contributed by atoms with van der Waals surface area (Å²) in [5, 5.41) is 0.860. The zero-order valence-electron chi connectivity index (χ0n) is 14.4. The summed E-state index contributed by atoms with van der Waals surface area (Å²) >= 11 is 0. The molecule has 2 heterocycles. The third kappa shape index (κ3) is 2.56. The lowest BCUT2D eigenvalue weighted by Crippen LogP contribution is -2.43. The molecule has 6 nitrogen and oxygen atoms in total. The molecule has 1 aromatic heterocycles. The van der Waals surface area contributed by atoms with Crippen molar-refractivity contribution in [2.24, 2.45) is 11.1 Å². The van der Waals surface area contributed by atoms with Crippen molar-refractivity contribution >= 4 is 22.7 Å². The molecule has 1 saturated carbocycles. The van der Waals surface area contributed by atoms with Crippen LogP contribution in [0.1, 0.15) is 42.6 Å². The van der Waals surface area contributed by atoms with Crippen LogP contribution in [0.25, 0.3) is 10.9 Å². The molecule has 2 aromatic rings. The maximum atomic E-state index is 13.1. The predicted octanol–water partition coefficient (Wildman–Crippen LogP) is 2.44. The van der Waals surface area contributed by atoms with Gasteiger partial charge < -0.3 is 20.4 Å². The Morgan fingerprint density at radius 2 is 2.08 bits per heavy atom. The number of primary amides is 1. The van der Waals surface area contributed by atoms with Crippen molar-refractivity contribution in [2.75, 3.05) is 13.7 Å². The fraction of sp³-hybridized carbons (Fsp3) is 0.474. The summed E-state index contributed by atoms with van der Waals surface area (Å²) in [7, 11) is 1.61. The topological polar surface area (TPSA) is 88.4 Å². The molecule has 4 rings (SSSR count). The van der Waals surface area contributed by atoms with Crippen molar-refractivity contribution in [3.8, 4) is 5.75 Å². The molecule has 1 aliphatic heterocycles. The minimum atomic E-state index is -0.515. The van der Waals surface area contributed by atoms with Gasteiger partial charge in [0.1, 0.15) is 17.5 Å². The summed E-state index contributed by atoms with van der Waals surface area (Å²) in [4.78, 5) is 29.9. The van der Waals surface area contributed by atoms with Gasteiger partial charge in [0.05, 0.1) is 7.11 Å². The fourth-order valence-corrected chi connectivity index (χ4v) is 4.59. The molecule has 1 atom stereocenters. The standard InChI is InChI=1S/C19H23N3O3/c1-25-16-6-4-5-13-12(16)9-14(21-13)18(24)22-11-19(7-2-3-8-19)10-15(22)17(20)23/h4-6,9,15,21H,2-3,7-8,10-11H2,1H3,(H2,20,23). The van der Waals surface area contributed by atoms with E-state index in [-0.39, 0.29) is 11.3 Å². The largest absolute Gasteiger partial charge is 0.496 e. The molecule has 25 heavy (non-hydrogen) atoms. The van der Waals surface area contributed by atoms with Crippen molar-refractivity contribution in [3.63, 3.8) is 0 Å². The van der Waals surface area contributed by atoms with Gasteiger partial charge in [0.25, 0.3) is 5.91 Å². The van der Waals surface area contributed by atoms with E-state index >= 15 is 0 Å². The van der Waals surface area contributed by atoms with E-state index in [1.165, 1.54) is 0 Å². The molecule has 2 aliphatic rings. The Bertz CT molecular complexity index is 836. The number of nitrogens with zero attached hydrogens (tertiary/aromatic N) is 1. The summed E-state index contributed by atoms with van der Waals surface area (Å²) in [6.45, 7) is 0.617. The second-order valence-electron chi connectivity index (χ2n) is 7.37. The van der Waals surface area contributed by atoms with Gasteiger partial charge >= 0.3 is 0 Å². The number of carbonyl (C=O) groups excluding carboxylic acids is 2. The van der Waals surface area contributed by atoms with E-state index in [2.05, 4.69) is 4.98 Å².